The Morgan fingerprint density at radius 2 is 1.81 bits per heavy atom. The molecule has 0 spiro atoms. The topological polar surface area (TPSA) is 21.3 Å². The van der Waals surface area contributed by atoms with E-state index in [1.54, 1.807) is 11.8 Å². The maximum absolute atomic E-state index is 5.94. The van der Waals surface area contributed by atoms with Gasteiger partial charge in [0, 0.05) is 26.7 Å². The van der Waals surface area contributed by atoms with Gasteiger partial charge in [-0.1, -0.05) is 12.1 Å². The summed E-state index contributed by atoms with van der Waals surface area (Å²) in [6, 6.07) is 12.5. The van der Waals surface area contributed by atoms with Crippen LogP contribution in [0, 0.1) is 0 Å². The van der Waals surface area contributed by atoms with Crippen molar-refractivity contribution < 1.29 is 4.74 Å². The number of nitrogens with one attached hydrogen (secondary N) is 1. The summed E-state index contributed by atoms with van der Waals surface area (Å²) < 4.78 is 5.94. The molecule has 2 nitrogen and oxygen atoms in total. The lowest BCUT2D eigenvalue weighted by molar-refractivity contribution is 0.302. The van der Waals surface area contributed by atoms with Gasteiger partial charge in [0.2, 0.25) is 0 Å². The quantitative estimate of drug-likeness (QED) is 0.762. The van der Waals surface area contributed by atoms with E-state index >= 15 is 0 Å². The van der Waals surface area contributed by atoms with Crippen molar-refractivity contribution >= 4 is 23.1 Å². The van der Waals surface area contributed by atoms with Crippen LogP contribution < -0.4 is 10.1 Å². The molecule has 2 rings (SSSR count). The third kappa shape index (κ3) is 5.38. The van der Waals surface area contributed by atoms with Gasteiger partial charge in [0.05, 0.1) is 0 Å². The fourth-order valence-electron chi connectivity index (χ4n) is 1.83. The number of thiophene rings is 1. The molecular weight excluding hydrogens is 298 g/mol. The first kappa shape index (κ1) is 16.4. The van der Waals surface area contributed by atoms with E-state index in [1.807, 2.05) is 29.5 Å². The van der Waals surface area contributed by atoms with Crippen LogP contribution in [-0.2, 0) is 13.2 Å². The molecule has 0 saturated heterocycles. The minimum atomic E-state index is 0.151. The predicted octanol–water partition coefficient (Wildman–Crippen LogP) is 4.94. The molecule has 0 unspecified atom stereocenters. The van der Waals surface area contributed by atoms with Gasteiger partial charge in [-0.15, -0.1) is 23.1 Å². The SMILES string of the molecule is CSc1ccccc1OCc1ccc(CNC(C)(C)C)s1. The smallest absolute Gasteiger partial charge is 0.133 e. The molecule has 1 N–H and O–H groups in total. The maximum Gasteiger partial charge on any atom is 0.133 e. The lowest BCUT2D eigenvalue weighted by Crippen LogP contribution is -2.34. The second-order valence-corrected chi connectivity index (χ2v) is 8.01. The standard InChI is InChI=1S/C17H23NOS2/c1-17(2,3)18-11-13-9-10-14(21-13)12-19-15-7-5-6-8-16(15)20-4/h5-10,18H,11-12H2,1-4H3. The van der Waals surface area contributed by atoms with E-state index in [4.69, 9.17) is 4.74 Å². The number of ether oxygens (including phenoxy) is 1. The third-order valence-corrected chi connectivity index (χ3v) is 4.79. The Morgan fingerprint density at radius 1 is 1.10 bits per heavy atom. The molecule has 0 amide bonds. The summed E-state index contributed by atoms with van der Waals surface area (Å²) in [6.45, 7) is 8.10. The molecular formula is C17H23NOS2. The van der Waals surface area contributed by atoms with Crippen molar-refractivity contribution in [2.75, 3.05) is 6.26 Å². The predicted molar refractivity (Wildman–Crippen MR) is 93.5 cm³/mol. The van der Waals surface area contributed by atoms with Crippen LogP contribution in [0.15, 0.2) is 41.3 Å². The fourth-order valence-corrected chi connectivity index (χ4v) is 3.25. The van der Waals surface area contributed by atoms with Crippen LogP contribution in [0.4, 0.5) is 0 Å². The Bertz CT molecular complexity index is 572. The van der Waals surface area contributed by atoms with Crippen molar-refractivity contribution in [2.45, 2.75) is 44.4 Å². The lowest BCUT2D eigenvalue weighted by Gasteiger charge is -2.19. The van der Waals surface area contributed by atoms with Gasteiger partial charge in [0.1, 0.15) is 12.4 Å². The summed E-state index contributed by atoms with van der Waals surface area (Å²) in [5.41, 5.74) is 0.151. The highest BCUT2D eigenvalue weighted by atomic mass is 32.2. The molecule has 114 valence electrons. The van der Waals surface area contributed by atoms with Crippen molar-refractivity contribution in [3.8, 4) is 5.75 Å². The molecule has 0 saturated carbocycles. The highest BCUT2D eigenvalue weighted by molar-refractivity contribution is 7.98. The van der Waals surface area contributed by atoms with Crippen molar-refractivity contribution in [3.63, 3.8) is 0 Å². The molecule has 2 aromatic rings. The number of hydrogen-bond donors (Lipinski definition) is 1. The molecule has 0 atom stereocenters. The summed E-state index contributed by atoms with van der Waals surface area (Å²) in [5, 5.41) is 3.51. The molecule has 0 aliphatic rings. The van der Waals surface area contributed by atoms with E-state index in [0.29, 0.717) is 6.61 Å². The number of rotatable bonds is 6. The van der Waals surface area contributed by atoms with Gasteiger partial charge in [-0.3, -0.25) is 0 Å². The van der Waals surface area contributed by atoms with Crippen molar-refractivity contribution in [1.82, 2.24) is 5.32 Å². The van der Waals surface area contributed by atoms with Gasteiger partial charge in [-0.05, 0) is 51.3 Å². The lowest BCUT2D eigenvalue weighted by atomic mass is 10.1. The third-order valence-electron chi connectivity index (χ3n) is 2.95. The van der Waals surface area contributed by atoms with Gasteiger partial charge in [-0.2, -0.15) is 0 Å². The van der Waals surface area contributed by atoms with Gasteiger partial charge in [0.25, 0.3) is 0 Å². The molecule has 0 bridgehead atoms. The zero-order valence-electron chi connectivity index (χ0n) is 13.1. The van der Waals surface area contributed by atoms with Crippen molar-refractivity contribution in [1.29, 1.82) is 0 Å². The van der Waals surface area contributed by atoms with Crippen LogP contribution in [0.5, 0.6) is 5.75 Å². The molecule has 4 heteroatoms. The number of hydrogen-bond acceptors (Lipinski definition) is 4. The monoisotopic (exact) mass is 321 g/mol. The normalized spacial score (nSPS) is 11.6. The Labute approximate surface area is 135 Å². The highest BCUT2D eigenvalue weighted by Gasteiger charge is 2.10. The number of benzene rings is 1. The van der Waals surface area contributed by atoms with Crippen LogP contribution in [0.1, 0.15) is 30.5 Å². The summed E-state index contributed by atoms with van der Waals surface area (Å²) in [4.78, 5) is 3.79. The van der Waals surface area contributed by atoms with E-state index in [0.717, 1.165) is 12.3 Å². The van der Waals surface area contributed by atoms with Gasteiger partial charge >= 0.3 is 0 Å². The number of para-hydroxylation sites is 1. The van der Waals surface area contributed by atoms with Gasteiger partial charge in [0.15, 0.2) is 0 Å². The minimum Gasteiger partial charge on any atom is -0.487 e. The molecule has 0 aliphatic heterocycles. The molecule has 1 aromatic heterocycles. The maximum atomic E-state index is 5.94. The Kier molecular flexibility index (Phi) is 5.73. The zero-order chi connectivity index (χ0) is 15.3. The Morgan fingerprint density at radius 3 is 2.52 bits per heavy atom. The van der Waals surface area contributed by atoms with Crippen LogP contribution >= 0.6 is 23.1 Å². The van der Waals surface area contributed by atoms with E-state index < -0.39 is 0 Å². The zero-order valence-corrected chi connectivity index (χ0v) is 14.7. The average Bonchev–Trinajstić information content (AvgIpc) is 2.90. The first-order chi connectivity index (χ1) is 9.98. The average molecular weight is 322 g/mol. The Balaban J connectivity index is 1.91. The summed E-state index contributed by atoms with van der Waals surface area (Å²) in [6.07, 6.45) is 2.07. The number of thioether (sulfide) groups is 1. The molecule has 21 heavy (non-hydrogen) atoms. The van der Waals surface area contributed by atoms with Crippen molar-refractivity contribution in [3.05, 3.63) is 46.2 Å². The van der Waals surface area contributed by atoms with Gasteiger partial charge < -0.3 is 10.1 Å². The van der Waals surface area contributed by atoms with E-state index in [2.05, 4.69) is 50.5 Å². The van der Waals surface area contributed by atoms with Crippen LogP contribution in [0.3, 0.4) is 0 Å². The van der Waals surface area contributed by atoms with E-state index in [1.165, 1.54) is 14.6 Å². The molecule has 1 heterocycles. The summed E-state index contributed by atoms with van der Waals surface area (Å²) in [5.74, 6) is 0.966. The summed E-state index contributed by atoms with van der Waals surface area (Å²) >= 11 is 3.53. The van der Waals surface area contributed by atoms with Gasteiger partial charge in [-0.25, -0.2) is 0 Å². The van der Waals surface area contributed by atoms with Crippen LogP contribution in [0.25, 0.3) is 0 Å². The van der Waals surface area contributed by atoms with E-state index in [-0.39, 0.29) is 5.54 Å². The van der Waals surface area contributed by atoms with Crippen LogP contribution in [-0.4, -0.2) is 11.8 Å². The van der Waals surface area contributed by atoms with Crippen LogP contribution in [0.2, 0.25) is 0 Å². The molecule has 1 aromatic carbocycles. The molecule has 0 fully saturated rings. The molecule has 0 radical (unpaired) electrons. The minimum absolute atomic E-state index is 0.151. The van der Waals surface area contributed by atoms with Crippen molar-refractivity contribution in [2.24, 2.45) is 0 Å². The van der Waals surface area contributed by atoms with E-state index in [9.17, 15) is 0 Å². The first-order valence-corrected chi connectivity index (χ1v) is 9.10. The largest absolute Gasteiger partial charge is 0.487 e. The Hall–Kier alpha value is -0.970. The summed E-state index contributed by atoms with van der Waals surface area (Å²) in [7, 11) is 0. The fraction of sp³-hybridized carbons (Fsp3) is 0.412. The second kappa shape index (κ2) is 7.34. The molecule has 0 aliphatic carbocycles. The highest BCUT2D eigenvalue weighted by Crippen LogP contribution is 2.28. The first-order valence-electron chi connectivity index (χ1n) is 7.06. The second-order valence-electron chi connectivity index (χ2n) is 5.91.